The van der Waals surface area contributed by atoms with Gasteiger partial charge in [-0.2, -0.15) is 4.98 Å². The van der Waals surface area contributed by atoms with Crippen LogP contribution in [0.1, 0.15) is 0 Å². The van der Waals surface area contributed by atoms with Crippen LogP contribution in [0.3, 0.4) is 0 Å². The van der Waals surface area contributed by atoms with Crippen molar-refractivity contribution in [2.45, 2.75) is 0 Å². The summed E-state index contributed by atoms with van der Waals surface area (Å²) in [6, 6.07) is 11.0. The molecule has 0 bridgehead atoms. The van der Waals surface area contributed by atoms with Crippen molar-refractivity contribution in [2.24, 2.45) is 0 Å². The van der Waals surface area contributed by atoms with Crippen LogP contribution in [-0.4, -0.2) is 17.3 Å². The molecular formula is C15H10ClFN2O2. The van der Waals surface area contributed by atoms with Gasteiger partial charge < -0.3 is 9.26 Å². The Hall–Kier alpha value is -2.40. The molecule has 0 amide bonds. The number of halogens is 2. The highest BCUT2D eigenvalue weighted by Crippen LogP contribution is 2.32. The Morgan fingerprint density at radius 3 is 2.81 bits per heavy atom. The van der Waals surface area contributed by atoms with E-state index >= 15 is 0 Å². The fourth-order valence-corrected chi connectivity index (χ4v) is 2.10. The van der Waals surface area contributed by atoms with Crippen molar-refractivity contribution >= 4 is 11.6 Å². The van der Waals surface area contributed by atoms with Gasteiger partial charge in [0.05, 0.1) is 12.7 Å². The summed E-state index contributed by atoms with van der Waals surface area (Å²) in [5, 5.41) is 4.43. The van der Waals surface area contributed by atoms with Crippen molar-refractivity contribution in [1.82, 2.24) is 10.1 Å². The van der Waals surface area contributed by atoms with E-state index in [-0.39, 0.29) is 11.7 Å². The number of aromatic nitrogens is 2. The van der Waals surface area contributed by atoms with Gasteiger partial charge >= 0.3 is 0 Å². The second-order valence-corrected chi connectivity index (χ2v) is 4.71. The summed E-state index contributed by atoms with van der Waals surface area (Å²) in [7, 11) is 1.54. The number of ether oxygens (including phenoxy) is 1. The summed E-state index contributed by atoms with van der Waals surface area (Å²) < 4.78 is 23.6. The fourth-order valence-electron chi connectivity index (χ4n) is 1.93. The third kappa shape index (κ3) is 2.73. The lowest BCUT2D eigenvalue weighted by atomic mass is 10.2. The SMILES string of the molecule is COc1ccc(Cl)cc1-c1noc(-c2cccc(F)c2)n1. The van der Waals surface area contributed by atoms with E-state index in [4.69, 9.17) is 20.9 Å². The molecule has 0 aliphatic carbocycles. The largest absolute Gasteiger partial charge is 0.496 e. The standard InChI is InChI=1S/C15H10ClFN2O2/c1-20-13-6-5-10(16)8-12(13)14-18-15(21-19-14)9-3-2-4-11(17)7-9/h2-8H,1H3. The zero-order valence-corrected chi connectivity index (χ0v) is 11.8. The molecule has 2 aromatic carbocycles. The first-order chi connectivity index (χ1) is 10.2. The molecule has 21 heavy (non-hydrogen) atoms. The molecule has 3 rings (SSSR count). The Bertz CT molecular complexity index is 789. The van der Waals surface area contributed by atoms with Crippen LogP contribution < -0.4 is 4.74 Å². The van der Waals surface area contributed by atoms with Gasteiger partial charge in [0.1, 0.15) is 11.6 Å². The molecule has 4 nitrogen and oxygen atoms in total. The van der Waals surface area contributed by atoms with Gasteiger partial charge in [0.2, 0.25) is 5.82 Å². The van der Waals surface area contributed by atoms with Gasteiger partial charge in [0, 0.05) is 10.6 Å². The average molecular weight is 305 g/mol. The molecule has 0 saturated heterocycles. The smallest absolute Gasteiger partial charge is 0.258 e. The normalized spacial score (nSPS) is 10.6. The lowest BCUT2D eigenvalue weighted by Gasteiger charge is -2.04. The van der Waals surface area contributed by atoms with E-state index in [0.29, 0.717) is 27.7 Å². The van der Waals surface area contributed by atoms with Crippen LogP contribution in [0.5, 0.6) is 5.75 Å². The Morgan fingerprint density at radius 1 is 1.19 bits per heavy atom. The van der Waals surface area contributed by atoms with Crippen molar-refractivity contribution in [1.29, 1.82) is 0 Å². The molecule has 0 fully saturated rings. The van der Waals surface area contributed by atoms with Crippen molar-refractivity contribution in [3.63, 3.8) is 0 Å². The van der Waals surface area contributed by atoms with Crippen LogP contribution in [-0.2, 0) is 0 Å². The highest BCUT2D eigenvalue weighted by atomic mass is 35.5. The minimum atomic E-state index is -0.368. The third-order valence-electron chi connectivity index (χ3n) is 2.90. The van der Waals surface area contributed by atoms with Gasteiger partial charge in [-0.05, 0) is 36.4 Å². The van der Waals surface area contributed by atoms with Gasteiger partial charge in [0.25, 0.3) is 5.89 Å². The van der Waals surface area contributed by atoms with Crippen LogP contribution in [0, 0.1) is 5.82 Å². The van der Waals surface area contributed by atoms with Gasteiger partial charge in [0.15, 0.2) is 0 Å². The first kappa shape index (κ1) is 13.6. The molecule has 0 atom stereocenters. The molecule has 0 radical (unpaired) electrons. The number of benzene rings is 2. The Balaban J connectivity index is 2.04. The first-order valence-electron chi connectivity index (χ1n) is 6.11. The Morgan fingerprint density at radius 2 is 2.05 bits per heavy atom. The van der Waals surface area contributed by atoms with Crippen LogP contribution in [0.15, 0.2) is 47.0 Å². The average Bonchev–Trinajstić information content (AvgIpc) is 2.97. The predicted molar refractivity (Wildman–Crippen MR) is 76.7 cm³/mol. The summed E-state index contributed by atoms with van der Waals surface area (Å²) in [5.41, 5.74) is 1.12. The molecule has 3 aromatic rings. The minimum Gasteiger partial charge on any atom is -0.496 e. The molecular weight excluding hydrogens is 295 g/mol. The molecule has 0 N–H and O–H groups in total. The van der Waals surface area contributed by atoms with Crippen LogP contribution in [0.2, 0.25) is 5.02 Å². The fraction of sp³-hybridized carbons (Fsp3) is 0.0667. The van der Waals surface area contributed by atoms with Crippen LogP contribution >= 0.6 is 11.6 Å². The Kier molecular flexibility index (Phi) is 3.58. The quantitative estimate of drug-likeness (QED) is 0.727. The van der Waals surface area contributed by atoms with E-state index < -0.39 is 0 Å². The molecule has 1 aromatic heterocycles. The number of hydrogen-bond donors (Lipinski definition) is 0. The topological polar surface area (TPSA) is 48.2 Å². The maximum Gasteiger partial charge on any atom is 0.258 e. The lowest BCUT2D eigenvalue weighted by Crippen LogP contribution is -1.89. The lowest BCUT2D eigenvalue weighted by molar-refractivity contribution is 0.413. The van der Waals surface area contributed by atoms with Crippen molar-refractivity contribution in [2.75, 3.05) is 7.11 Å². The molecule has 0 unspecified atom stereocenters. The van der Waals surface area contributed by atoms with Gasteiger partial charge in [-0.15, -0.1) is 0 Å². The molecule has 106 valence electrons. The van der Waals surface area contributed by atoms with E-state index in [0.717, 1.165) is 0 Å². The van der Waals surface area contributed by atoms with E-state index in [1.807, 2.05) is 0 Å². The van der Waals surface area contributed by atoms with Crippen molar-refractivity contribution in [3.05, 3.63) is 53.3 Å². The molecule has 0 saturated carbocycles. The maximum absolute atomic E-state index is 13.2. The van der Waals surface area contributed by atoms with Crippen LogP contribution in [0.25, 0.3) is 22.8 Å². The highest BCUT2D eigenvalue weighted by molar-refractivity contribution is 6.30. The first-order valence-corrected chi connectivity index (χ1v) is 6.49. The third-order valence-corrected chi connectivity index (χ3v) is 3.14. The van der Waals surface area contributed by atoms with Gasteiger partial charge in [-0.1, -0.05) is 22.8 Å². The second-order valence-electron chi connectivity index (χ2n) is 4.28. The molecule has 1 heterocycles. The molecule has 0 aliphatic rings. The zero-order chi connectivity index (χ0) is 14.8. The predicted octanol–water partition coefficient (Wildman–Crippen LogP) is 4.20. The van der Waals surface area contributed by atoms with Gasteiger partial charge in [-0.3, -0.25) is 0 Å². The van der Waals surface area contributed by atoms with E-state index in [9.17, 15) is 4.39 Å². The summed E-state index contributed by atoms with van der Waals surface area (Å²) >= 11 is 5.98. The molecule has 0 spiro atoms. The highest BCUT2D eigenvalue weighted by Gasteiger charge is 2.15. The summed E-state index contributed by atoms with van der Waals surface area (Å²) in [4.78, 5) is 4.26. The summed E-state index contributed by atoms with van der Waals surface area (Å²) in [5.74, 6) is 0.763. The maximum atomic E-state index is 13.2. The number of rotatable bonds is 3. The summed E-state index contributed by atoms with van der Waals surface area (Å²) in [6.07, 6.45) is 0. The van der Waals surface area contributed by atoms with E-state index in [1.165, 1.54) is 12.1 Å². The number of nitrogens with zero attached hydrogens (tertiary/aromatic N) is 2. The second kappa shape index (κ2) is 5.54. The Labute approximate surface area is 125 Å². The number of hydrogen-bond acceptors (Lipinski definition) is 4. The zero-order valence-electron chi connectivity index (χ0n) is 11.0. The molecule has 6 heteroatoms. The van der Waals surface area contributed by atoms with Crippen LogP contribution in [0.4, 0.5) is 4.39 Å². The summed E-state index contributed by atoms with van der Waals surface area (Å²) in [6.45, 7) is 0. The van der Waals surface area contributed by atoms with E-state index in [2.05, 4.69) is 10.1 Å². The van der Waals surface area contributed by atoms with Gasteiger partial charge in [-0.25, -0.2) is 4.39 Å². The van der Waals surface area contributed by atoms with Crippen molar-refractivity contribution < 1.29 is 13.7 Å². The van der Waals surface area contributed by atoms with E-state index in [1.54, 1.807) is 37.4 Å². The van der Waals surface area contributed by atoms with Crippen molar-refractivity contribution in [3.8, 4) is 28.6 Å². The number of methoxy groups -OCH3 is 1. The minimum absolute atomic E-state index is 0.228. The molecule has 0 aliphatic heterocycles. The monoisotopic (exact) mass is 304 g/mol.